The van der Waals surface area contributed by atoms with Crippen molar-refractivity contribution < 1.29 is 31.1 Å². The van der Waals surface area contributed by atoms with Gasteiger partial charge in [-0.15, -0.1) is 0 Å². The number of nitrogens with zero attached hydrogens (tertiary/aromatic N) is 2. The molecule has 0 unspecified atom stereocenters. The average molecular weight is 461 g/mol. The molecule has 0 saturated carbocycles. The third-order valence-corrected chi connectivity index (χ3v) is 5.86. The Morgan fingerprint density at radius 3 is 2.03 bits per heavy atom. The molecule has 0 amide bonds. The average Bonchev–Trinajstić information content (AvgIpc) is 2.99. The maximum Gasteiger partial charge on any atom is 0.254 e. The zero-order valence-electron chi connectivity index (χ0n) is 18.0. The van der Waals surface area contributed by atoms with E-state index in [1.807, 2.05) is 12.1 Å². The molecule has 3 rings (SSSR count). The number of imidazole rings is 1. The molecule has 4 nitrogen and oxygen atoms in total. The minimum absolute atomic E-state index is 0. The van der Waals surface area contributed by atoms with Crippen molar-refractivity contribution in [3.63, 3.8) is 0 Å². The Kier molecular flexibility index (Phi) is 8.81. The van der Waals surface area contributed by atoms with Gasteiger partial charge in [0.1, 0.15) is 0 Å². The molecule has 0 N–H and O–H groups in total. The topological polar surface area (TPSA) is 43.0 Å². The number of aromatic nitrogens is 2. The Morgan fingerprint density at radius 2 is 1.41 bits per heavy atom. The summed E-state index contributed by atoms with van der Waals surface area (Å²) < 4.78 is 4.22. The molecular weight excluding hydrogens is 428 g/mol. The number of unbranched alkanes of at least 4 members (excludes halogenated alkanes) is 6. The molecule has 1 aromatic heterocycles. The van der Waals surface area contributed by atoms with Gasteiger partial charge in [0.05, 0.1) is 13.1 Å². The number of ketones is 2. The molecule has 0 atom stereocenters. The van der Waals surface area contributed by atoms with E-state index >= 15 is 0 Å². The molecule has 0 radical (unpaired) electrons. The smallest absolute Gasteiger partial charge is 0.254 e. The summed E-state index contributed by atoms with van der Waals surface area (Å²) in [4.78, 5) is 26.6. The van der Waals surface area contributed by atoms with Crippen LogP contribution in [-0.4, -0.2) is 16.1 Å². The molecule has 0 saturated heterocycles. The number of rotatable bonds is 10. The first-order valence-electron chi connectivity index (χ1n) is 10.9. The van der Waals surface area contributed by atoms with Gasteiger partial charge < -0.3 is 17.0 Å². The molecule has 2 aromatic rings. The van der Waals surface area contributed by atoms with Crippen molar-refractivity contribution in [1.29, 1.82) is 0 Å². The van der Waals surface area contributed by atoms with Crippen molar-refractivity contribution in [3.05, 3.63) is 52.6 Å². The van der Waals surface area contributed by atoms with E-state index in [1.165, 1.54) is 25.7 Å². The van der Waals surface area contributed by atoms with Crippen molar-refractivity contribution in [1.82, 2.24) is 4.57 Å². The fourth-order valence-electron chi connectivity index (χ4n) is 4.26. The summed E-state index contributed by atoms with van der Waals surface area (Å²) in [6.45, 7) is 8.07. The van der Waals surface area contributed by atoms with E-state index in [2.05, 4.69) is 29.9 Å². The fourth-order valence-corrected chi connectivity index (χ4v) is 4.26. The lowest BCUT2D eigenvalue weighted by atomic mass is 9.90. The number of benzene rings is 1. The van der Waals surface area contributed by atoms with Gasteiger partial charge in [-0.1, -0.05) is 63.8 Å². The highest BCUT2D eigenvalue weighted by molar-refractivity contribution is 6.26. The lowest BCUT2D eigenvalue weighted by Crippen LogP contribution is -3.00. The van der Waals surface area contributed by atoms with Crippen molar-refractivity contribution in [2.75, 3.05) is 0 Å². The van der Waals surface area contributed by atoms with E-state index in [9.17, 15) is 9.59 Å². The number of fused-ring (bicyclic) bond motifs is 2. The molecule has 1 heterocycles. The Bertz CT molecular complexity index is 802. The predicted molar refractivity (Wildman–Crippen MR) is 111 cm³/mol. The van der Waals surface area contributed by atoms with E-state index < -0.39 is 0 Å². The molecule has 0 aliphatic heterocycles. The number of carbonyl (C=O) groups excluding carboxylic acids is 2. The summed E-state index contributed by atoms with van der Waals surface area (Å²) in [6.07, 6.45) is 9.15. The van der Waals surface area contributed by atoms with Gasteiger partial charge in [-0.05, 0) is 25.7 Å². The van der Waals surface area contributed by atoms with Gasteiger partial charge in [0.25, 0.3) is 5.82 Å². The number of halogens is 1. The minimum atomic E-state index is -0.00361. The summed E-state index contributed by atoms with van der Waals surface area (Å²) in [5.41, 5.74) is 2.30. The first kappa shape index (κ1) is 23.5. The lowest BCUT2D eigenvalue weighted by Gasteiger charge is -2.13. The van der Waals surface area contributed by atoms with Gasteiger partial charge in [-0.25, -0.2) is 9.13 Å². The normalized spacial score (nSPS) is 12.5. The van der Waals surface area contributed by atoms with Crippen LogP contribution in [0.3, 0.4) is 0 Å². The molecule has 0 bridgehead atoms. The zero-order valence-corrected chi connectivity index (χ0v) is 19.6. The van der Waals surface area contributed by atoms with E-state index in [4.69, 9.17) is 0 Å². The monoisotopic (exact) mass is 460 g/mol. The summed E-state index contributed by atoms with van der Waals surface area (Å²) in [5, 5.41) is 0. The first-order chi connectivity index (χ1) is 13.6. The van der Waals surface area contributed by atoms with E-state index in [-0.39, 0.29) is 28.5 Å². The second kappa shape index (κ2) is 10.9. The SMILES string of the molecule is CCCCCCn1c2c([n+](CCCCCC)c1C)C(=O)c1ccccc1C2=O.[Br-]. The molecule has 5 heteroatoms. The quantitative estimate of drug-likeness (QED) is 0.343. The summed E-state index contributed by atoms with van der Waals surface area (Å²) in [7, 11) is 0. The number of hydrogen-bond donors (Lipinski definition) is 0. The maximum atomic E-state index is 13.3. The summed E-state index contributed by atoms with van der Waals surface area (Å²) >= 11 is 0. The van der Waals surface area contributed by atoms with Crippen molar-refractivity contribution in [2.24, 2.45) is 0 Å². The highest BCUT2D eigenvalue weighted by atomic mass is 79.9. The molecule has 1 aliphatic carbocycles. The second-order valence-corrected chi connectivity index (χ2v) is 7.87. The van der Waals surface area contributed by atoms with Gasteiger partial charge in [0.15, 0.2) is 0 Å². The molecule has 0 fully saturated rings. The van der Waals surface area contributed by atoms with Crippen molar-refractivity contribution in [3.8, 4) is 0 Å². The van der Waals surface area contributed by atoms with Crippen LogP contribution in [-0.2, 0) is 13.1 Å². The van der Waals surface area contributed by atoms with Crippen LogP contribution < -0.4 is 21.5 Å². The summed E-state index contributed by atoms with van der Waals surface area (Å²) in [5.74, 6) is 1.03. The van der Waals surface area contributed by atoms with Crippen LogP contribution in [0.25, 0.3) is 0 Å². The van der Waals surface area contributed by atoms with Crippen LogP contribution in [0.1, 0.15) is 103 Å². The van der Waals surface area contributed by atoms with Crippen molar-refractivity contribution >= 4 is 11.6 Å². The lowest BCUT2D eigenvalue weighted by molar-refractivity contribution is -0.704. The van der Waals surface area contributed by atoms with Crippen LogP contribution in [0.2, 0.25) is 0 Å². The molecule has 29 heavy (non-hydrogen) atoms. The van der Waals surface area contributed by atoms with E-state index in [0.717, 1.165) is 44.6 Å². The van der Waals surface area contributed by atoms with Gasteiger partial charge in [0, 0.05) is 18.1 Å². The molecular formula is C24H33BrN2O2. The van der Waals surface area contributed by atoms with Crippen molar-refractivity contribution in [2.45, 2.75) is 85.2 Å². The van der Waals surface area contributed by atoms with Crippen LogP contribution in [0.4, 0.5) is 0 Å². The zero-order chi connectivity index (χ0) is 20.1. The molecule has 158 valence electrons. The Labute approximate surface area is 185 Å². The highest BCUT2D eigenvalue weighted by Gasteiger charge is 2.42. The van der Waals surface area contributed by atoms with E-state index in [0.29, 0.717) is 22.5 Å². The predicted octanol–water partition coefficient (Wildman–Crippen LogP) is 2.02. The Morgan fingerprint density at radius 1 is 0.828 bits per heavy atom. The van der Waals surface area contributed by atoms with Gasteiger partial charge in [-0.2, -0.15) is 0 Å². The van der Waals surface area contributed by atoms with Gasteiger partial charge in [0.2, 0.25) is 23.0 Å². The summed E-state index contributed by atoms with van der Waals surface area (Å²) in [6, 6.07) is 7.26. The molecule has 1 aliphatic rings. The van der Waals surface area contributed by atoms with Gasteiger partial charge in [-0.3, -0.25) is 9.59 Å². The van der Waals surface area contributed by atoms with E-state index in [1.54, 1.807) is 12.1 Å². The largest absolute Gasteiger partial charge is 1.00 e. The Hall–Kier alpha value is -1.75. The molecule has 0 spiro atoms. The highest BCUT2D eigenvalue weighted by Crippen LogP contribution is 2.27. The van der Waals surface area contributed by atoms with Crippen LogP contribution in [0.15, 0.2) is 24.3 Å². The second-order valence-electron chi connectivity index (χ2n) is 7.87. The Balaban J connectivity index is 0.00000300. The third-order valence-electron chi connectivity index (χ3n) is 5.86. The fraction of sp³-hybridized carbons (Fsp3) is 0.542. The van der Waals surface area contributed by atoms with Crippen LogP contribution >= 0.6 is 0 Å². The standard InChI is InChI=1S/C24H33N2O2.BrH/c1-4-6-8-12-16-25-18(3)26(17-13-9-7-5-2)22-21(25)23(27)19-14-10-11-15-20(19)24(22)28;/h10-11,14-15H,4-9,12-13,16-17H2,1-3H3;1H/q+1;/p-1. The van der Waals surface area contributed by atoms with Crippen LogP contribution in [0, 0.1) is 6.92 Å². The first-order valence-corrected chi connectivity index (χ1v) is 10.9. The van der Waals surface area contributed by atoms with Crippen LogP contribution in [0.5, 0.6) is 0 Å². The third kappa shape index (κ3) is 4.71. The van der Waals surface area contributed by atoms with Gasteiger partial charge >= 0.3 is 0 Å². The number of carbonyl (C=O) groups is 2. The maximum absolute atomic E-state index is 13.3. The number of hydrogen-bond acceptors (Lipinski definition) is 2. The minimum Gasteiger partial charge on any atom is -1.00 e. The molecule has 1 aromatic carbocycles.